The van der Waals surface area contributed by atoms with Crippen LogP contribution >= 0.6 is 0 Å². The molecule has 1 aromatic rings. The lowest BCUT2D eigenvalue weighted by atomic mass is 10.0. The number of benzene rings is 1. The molecule has 0 spiro atoms. The van der Waals surface area contributed by atoms with E-state index in [1.54, 1.807) is 14.2 Å². The maximum Gasteiger partial charge on any atom is 0.127 e. The van der Waals surface area contributed by atoms with Crippen LogP contribution in [0.2, 0.25) is 0 Å². The van der Waals surface area contributed by atoms with Crippen molar-refractivity contribution in [2.24, 2.45) is 0 Å². The zero-order chi connectivity index (χ0) is 13.5. The van der Waals surface area contributed by atoms with Crippen LogP contribution in [0.1, 0.15) is 18.5 Å². The van der Waals surface area contributed by atoms with Crippen molar-refractivity contribution >= 4 is 0 Å². The topological polar surface area (TPSA) is 33.7 Å². The van der Waals surface area contributed by atoms with Crippen molar-refractivity contribution in [1.82, 2.24) is 10.2 Å². The van der Waals surface area contributed by atoms with Crippen LogP contribution in [0, 0.1) is 0 Å². The number of methoxy groups -OCH3 is 2. The van der Waals surface area contributed by atoms with E-state index < -0.39 is 0 Å². The molecule has 0 aromatic heterocycles. The molecule has 0 aliphatic carbocycles. The van der Waals surface area contributed by atoms with E-state index in [4.69, 9.17) is 9.47 Å². The van der Waals surface area contributed by atoms with Crippen molar-refractivity contribution in [3.8, 4) is 11.5 Å². The number of hydrogen-bond donors (Lipinski definition) is 1. The van der Waals surface area contributed by atoms with Gasteiger partial charge in [0.15, 0.2) is 0 Å². The van der Waals surface area contributed by atoms with Crippen LogP contribution in [-0.2, 0) is 0 Å². The van der Waals surface area contributed by atoms with Crippen LogP contribution in [0.25, 0.3) is 0 Å². The summed E-state index contributed by atoms with van der Waals surface area (Å²) < 4.78 is 10.7. The predicted octanol–water partition coefficient (Wildman–Crippen LogP) is 1.92. The summed E-state index contributed by atoms with van der Waals surface area (Å²) in [4.78, 5) is 2.27. The maximum atomic E-state index is 5.45. The molecule has 0 aliphatic rings. The quantitative estimate of drug-likeness (QED) is 0.804. The highest BCUT2D eigenvalue weighted by Gasteiger charge is 2.16. The van der Waals surface area contributed by atoms with Crippen LogP contribution in [0.15, 0.2) is 18.2 Å². The fourth-order valence-electron chi connectivity index (χ4n) is 1.89. The summed E-state index contributed by atoms with van der Waals surface area (Å²) in [6, 6.07) is 6.19. The van der Waals surface area contributed by atoms with E-state index in [0.29, 0.717) is 0 Å². The van der Waals surface area contributed by atoms with Gasteiger partial charge in [0.25, 0.3) is 0 Å². The minimum atomic E-state index is 0.246. The standard InChI is InChI=1S/C14H24N2O2/c1-6-16(3)10-13(15-2)12-8-7-11(17-4)9-14(12)18-5/h7-9,13,15H,6,10H2,1-5H3. The van der Waals surface area contributed by atoms with E-state index in [-0.39, 0.29) is 6.04 Å². The largest absolute Gasteiger partial charge is 0.497 e. The van der Waals surface area contributed by atoms with E-state index in [9.17, 15) is 0 Å². The van der Waals surface area contributed by atoms with Gasteiger partial charge < -0.3 is 19.7 Å². The SMILES string of the molecule is CCN(C)CC(NC)c1ccc(OC)cc1OC. The van der Waals surface area contributed by atoms with Crippen molar-refractivity contribution in [2.75, 3.05) is 41.4 Å². The first-order chi connectivity index (χ1) is 8.65. The molecule has 1 N–H and O–H groups in total. The molecule has 18 heavy (non-hydrogen) atoms. The molecule has 102 valence electrons. The Hall–Kier alpha value is -1.26. The van der Waals surface area contributed by atoms with E-state index in [2.05, 4.69) is 30.3 Å². The number of ether oxygens (including phenoxy) is 2. The molecule has 1 aromatic carbocycles. The van der Waals surface area contributed by atoms with Crippen LogP contribution in [0.5, 0.6) is 11.5 Å². The van der Waals surface area contributed by atoms with Gasteiger partial charge in [0.1, 0.15) is 11.5 Å². The molecule has 1 unspecified atom stereocenters. The van der Waals surface area contributed by atoms with E-state index >= 15 is 0 Å². The Bertz CT molecular complexity index is 369. The monoisotopic (exact) mass is 252 g/mol. The molecular weight excluding hydrogens is 228 g/mol. The van der Waals surface area contributed by atoms with Crippen LogP contribution in [0.4, 0.5) is 0 Å². The summed E-state index contributed by atoms with van der Waals surface area (Å²) in [5.74, 6) is 1.67. The van der Waals surface area contributed by atoms with Gasteiger partial charge in [-0.3, -0.25) is 0 Å². The zero-order valence-electron chi connectivity index (χ0n) is 12.0. The van der Waals surface area contributed by atoms with Crippen LogP contribution < -0.4 is 14.8 Å². The normalized spacial score (nSPS) is 12.6. The molecule has 0 saturated heterocycles. The summed E-state index contributed by atoms with van der Waals surface area (Å²) in [6.07, 6.45) is 0. The summed E-state index contributed by atoms with van der Waals surface area (Å²) in [6.45, 7) is 4.12. The van der Waals surface area contributed by atoms with Gasteiger partial charge in [0, 0.05) is 24.2 Å². The van der Waals surface area contributed by atoms with Crippen molar-refractivity contribution < 1.29 is 9.47 Å². The van der Waals surface area contributed by atoms with Gasteiger partial charge in [-0.2, -0.15) is 0 Å². The second-order valence-electron chi connectivity index (χ2n) is 4.30. The van der Waals surface area contributed by atoms with Crippen molar-refractivity contribution in [1.29, 1.82) is 0 Å². The lowest BCUT2D eigenvalue weighted by Gasteiger charge is -2.24. The molecule has 0 radical (unpaired) electrons. The lowest BCUT2D eigenvalue weighted by Crippen LogP contribution is -2.31. The third-order valence-electron chi connectivity index (χ3n) is 3.20. The Balaban J connectivity index is 2.97. The molecule has 0 heterocycles. The first kappa shape index (κ1) is 14.8. The summed E-state index contributed by atoms with van der Waals surface area (Å²) >= 11 is 0. The summed E-state index contributed by atoms with van der Waals surface area (Å²) in [5, 5.41) is 3.33. The fraction of sp³-hybridized carbons (Fsp3) is 0.571. The fourth-order valence-corrected chi connectivity index (χ4v) is 1.89. The van der Waals surface area contributed by atoms with Crippen molar-refractivity contribution in [3.05, 3.63) is 23.8 Å². The highest BCUT2D eigenvalue weighted by molar-refractivity contribution is 5.42. The highest BCUT2D eigenvalue weighted by atomic mass is 16.5. The zero-order valence-corrected chi connectivity index (χ0v) is 12.0. The van der Waals surface area contributed by atoms with Crippen molar-refractivity contribution in [2.45, 2.75) is 13.0 Å². The van der Waals surface area contributed by atoms with E-state index in [0.717, 1.165) is 30.2 Å². The third kappa shape index (κ3) is 3.62. The molecule has 1 atom stereocenters. The summed E-state index contributed by atoms with van der Waals surface area (Å²) in [5.41, 5.74) is 1.15. The molecule has 4 heteroatoms. The molecule has 0 amide bonds. The minimum Gasteiger partial charge on any atom is -0.497 e. The van der Waals surface area contributed by atoms with Gasteiger partial charge in [0.05, 0.1) is 14.2 Å². The molecule has 0 bridgehead atoms. The second-order valence-corrected chi connectivity index (χ2v) is 4.30. The highest BCUT2D eigenvalue weighted by Crippen LogP contribution is 2.29. The predicted molar refractivity (Wildman–Crippen MR) is 74.5 cm³/mol. The van der Waals surface area contributed by atoms with Crippen LogP contribution in [-0.4, -0.2) is 46.3 Å². The van der Waals surface area contributed by atoms with E-state index in [1.807, 2.05) is 19.2 Å². The average molecular weight is 252 g/mol. The number of rotatable bonds is 7. The molecule has 1 rings (SSSR count). The third-order valence-corrected chi connectivity index (χ3v) is 3.20. The lowest BCUT2D eigenvalue weighted by molar-refractivity contribution is 0.304. The van der Waals surface area contributed by atoms with E-state index in [1.165, 1.54) is 0 Å². The molecule has 4 nitrogen and oxygen atoms in total. The van der Waals surface area contributed by atoms with Gasteiger partial charge in [0.2, 0.25) is 0 Å². The van der Waals surface area contributed by atoms with Gasteiger partial charge in [-0.25, -0.2) is 0 Å². The molecular formula is C14H24N2O2. The number of nitrogens with zero attached hydrogens (tertiary/aromatic N) is 1. The van der Waals surface area contributed by atoms with Gasteiger partial charge in [-0.1, -0.05) is 13.0 Å². The van der Waals surface area contributed by atoms with Gasteiger partial charge in [-0.15, -0.1) is 0 Å². The van der Waals surface area contributed by atoms with Gasteiger partial charge >= 0.3 is 0 Å². The first-order valence-electron chi connectivity index (χ1n) is 6.24. The maximum absolute atomic E-state index is 5.45. The Kier molecular flexibility index (Phi) is 5.95. The Labute approximate surface area is 110 Å². The number of hydrogen-bond acceptors (Lipinski definition) is 4. The van der Waals surface area contributed by atoms with Gasteiger partial charge in [-0.05, 0) is 26.7 Å². The number of likely N-dealkylation sites (N-methyl/N-ethyl adjacent to an activating group) is 2. The Morgan fingerprint density at radius 1 is 1.28 bits per heavy atom. The second kappa shape index (κ2) is 7.24. The molecule has 0 aliphatic heterocycles. The number of nitrogens with one attached hydrogen (secondary N) is 1. The Morgan fingerprint density at radius 2 is 2.00 bits per heavy atom. The molecule has 0 fully saturated rings. The summed E-state index contributed by atoms with van der Waals surface area (Å²) in [7, 11) is 7.43. The van der Waals surface area contributed by atoms with Crippen LogP contribution in [0.3, 0.4) is 0 Å². The van der Waals surface area contributed by atoms with Crippen molar-refractivity contribution in [3.63, 3.8) is 0 Å². The minimum absolute atomic E-state index is 0.246. The first-order valence-corrected chi connectivity index (χ1v) is 6.24. The molecule has 0 saturated carbocycles. The Morgan fingerprint density at radius 3 is 2.50 bits per heavy atom. The average Bonchev–Trinajstić information content (AvgIpc) is 2.43. The smallest absolute Gasteiger partial charge is 0.127 e.